The maximum atomic E-state index is 11.8. The largest absolute Gasteiger partial charge is 0.326 e. The van der Waals surface area contributed by atoms with Gasteiger partial charge in [-0.3, -0.25) is 4.57 Å². The number of fused-ring (bicyclic) bond motifs is 1. The Bertz CT molecular complexity index is 560. The van der Waals surface area contributed by atoms with Crippen molar-refractivity contribution in [2.45, 2.75) is 26.3 Å². The van der Waals surface area contributed by atoms with Crippen LogP contribution in [0.4, 0.5) is 0 Å². The first-order valence-electron chi connectivity index (χ1n) is 4.80. The Morgan fingerprint density at radius 2 is 2.00 bits per heavy atom. The number of aromatic amines is 1. The third-order valence-electron chi connectivity index (χ3n) is 2.32. The Hall–Kier alpha value is -1.22. The summed E-state index contributed by atoms with van der Waals surface area (Å²) >= 11 is 5.86. The number of aromatic nitrogens is 2. The fraction of sp³-hybridized carbons (Fsp3) is 0.364. The molecule has 1 N–H and O–H groups in total. The molecule has 2 rings (SSSR count). The van der Waals surface area contributed by atoms with Crippen LogP contribution in [0.1, 0.15) is 20.8 Å². The molecule has 0 aliphatic carbocycles. The number of H-pyrrole nitrogens is 1. The van der Waals surface area contributed by atoms with E-state index in [4.69, 9.17) is 11.6 Å². The predicted octanol–water partition coefficient (Wildman–Crippen LogP) is 2.74. The number of halogens is 1. The topological polar surface area (TPSA) is 37.8 Å². The lowest BCUT2D eigenvalue weighted by molar-refractivity contribution is 0.397. The van der Waals surface area contributed by atoms with Gasteiger partial charge in [0.1, 0.15) is 0 Å². The lowest BCUT2D eigenvalue weighted by Gasteiger charge is -2.20. The molecule has 0 radical (unpaired) electrons. The van der Waals surface area contributed by atoms with E-state index in [1.165, 1.54) is 0 Å². The van der Waals surface area contributed by atoms with Crippen LogP contribution in [0.3, 0.4) is 0 Å². The molecule has 0 unspecified atom stereocenters. The Labute approximate surface area is 92.7 Å². The summed E-state index contributed by atoms with van der Waals surface area (Å²) < 4.78 is 1.73. The number of imidazole rings is 1. The zero-order valence-corrected chi connectivity index (χ0v) is 9.72. The van der Waals surface area contributed by atoms with Crippen molar-refractivity contribution < 1.29 is 0 Å². The summed E-state index contributed by atoms with van der Waals surface area (Å²) in [5, 5.41) is 0.629. The minimum atomic E-state index is -0.233. The average Bonchev–Trinajstić information content (AvgIpc) is 2.38. The van der Waals surface area contributed by atoms with E-state index in [1.54, 1.807) is 16.7 Å². The van der Waals surface area contributed by atoms with Gasteiger partial charge in [0.2, 0.25) is 0 Å². The SMILES string of the molecule is CC(C)(C)n1c(=O)[nH]c2cc(Cl)ccc21. The van der Waals surface area contributed by atoms with E-state index in [-0.39, 0.29) is 11.2 Å². The van der Waals surface area contributed by atoms with Crippen molar-refractivity contribution in [1.82, 2.24) is 9.55 Å². The van der Waals surface area contributed by atoms with Gasteiger partial charge in [-0.05, 0) is 39.0 Å². The fourth-order valence-corrected chi connectivity index (χ4v) is 1.92. The van der Waals surface area contributed by atoms with Gasteiger partial charge in [-0.2, -0.15) is 0 Å². The number of nitrogens with one attached hydrogen (secondary N) is 1. The van der Waals surface area contributed by atoms with Crippen LogP contribution in [-0.4, -0.2) is 9.55 Å². The minimum absolute atomic E-state index is 0.0974. The molecular weight excluding hydrogens is 212 g/mol. The van der Waals surface area contributed by atoms with Crippen LogP contribution >= 0.6 is 11.6 Å². The van der Waals surface area contributed by atoms with Crippen molar-refractivity contribution in [2.75, 3.05) is 0 Å². The maximum absolute atomic E-state index is 11.8. The zero-order chi connectivity index (χ0) is 11.2. The van der Waals surface area contributed by atoms with E-state index < -0.39 is 0 Å². The summed E-state index contributed by atoms with van der Waals surface area (Å²) in [5.41, 5.74) is 1.34. The number of benzene rings is 1. The summed E-state index contributed by atoms with van der Waals surface area (Å²) in [7, 11) is 0. The lowest BCUT2D eigenvalue weighted by atomic mass is 10.1. The van der Waals surface area contributed by atoms with Gasteiger partial charge in [0.15, 0.2) is 0 Å². The van der Waals surface area contributed by atoms with Crippen molar-refractivity contribution in [2.24, 2.45) is 0 Å². The van der Waals surface area contributed by atoms with E-state index >= 15 is 0 Å². The van der Waals surface area contributed by atoms with E-state index in [9.17, 15) is 4.79 Å². The summed E-state index contributed by atoms with van der Waals surface area (Å²) in [6.07, 6.45) is 0. The van der Waals surface area contributed by atoms with Crippen molar-refractivity contribution in [3.63, 3.8) is 0 Å². The third kappa shape index (κ3) is 1.67. The van der Waals surface area contributed by atoms with Gasteiger partial charge in [-0.25, -0.2) is 4.79 Å². The van der Waals surface area contributed by atoms with Gasteiger partial charge in [0.25, 0.3) is 0 Å². The molecular formula is C11H13ClN2O. The summed E-state index contributed by atoms with van der Waals surface area (Å²) in [4.78, 5) is 14.6. The summed E-state index contributed by atoms with van der Waals surface area (Å²) in [6.45, 7) is 5.99. The molecule has 2 aromatic rings. The van der Waals surface area contributed by atoms with Crippen LogP contribution in [0.5, 0.6) is 0 Å². The molecule has 3 nitrogen and oxygen atoms in total. The molecule has 4 heteroatoms. The molecule has 1 heterocycles. The number of hydrogen-bond donors (Lipinski definition) is 1. The molecule has 15 heavy (non-hydrogen) atoms. The van der Waals surface area contributed by atoms with E-state index in [1.807, 2.05) is 26.8 Å². The molecule has 0 aliphatic heterocycles. The summed E-state index contributed by atoms with van der Waals surface area (Å²) in [5.74, 6) is 0. The number of hydrogen-bond acceptors (Lipinski definition) is 1. The highest BCUT2D eigenvalue weighted by molar-refractivity contribution is 6.31. The fourth-order valence-electron chi connectivity index (χ4n) is 1.75. The highest BCUT2D eigenvalue weighted by Gasteiger charge is 2.18. The second kappa shape index (κ2) is 3.14. The van der Waals surface area contributed by atoms with Gasteiger partial charge in [0.05, 0.1) is 11.0 Å². The molecule has 0 aliphatic rings. The van der Waals surface area contributed by atoms with Gasteiger partial charge in [-0.1, -0.05) is 11.6 Å². The predicted molar refractivity (Wildman–Crippen MR) is 62.6 cm³/mol. The van der Waals surface area contributed by atoms with Crippen LogP contribution in [0, 0.1) is 0 Å². The van der Waals surface area contributed by atoms with Crippen LogP contribution in [0.2, 0.25) is 5.02 Å². The molecule has 0 amide bonds. The van der Waals surface area contributed by atoms with Crippen LogP contribution in [-0.2, 0) is 5.54 Å². The monoisotopic (exact) mass is 224 g/mol. The van der Waals surface area contributed by atoms with E-state index in [0.29, 0.717) is 5.02 Å². The number of rotatable bonds is 0. The van der Waals surface area contributed by atoms with Crippen molar-refractivity contribution in [1.29, 1.82) is 0 Å². The maximum Gasteiger partial charge on any atom is 0.326 e. The van der Waals surface area contributed by atoms with Gasteiger partial charge >= 0.3 is 5.69 Å². The summed E-state index contributed by atoms with van der Waals surface area (Å²) in [6, 6.07) is 5.42. The lowest BCUT2D eigenvalue weighted by Crippen LogP contribution is -2.31. The molecule has 1 aromatic heterocycles. The second-order valence-electron chi connectivity index (χ2n) is 4.60. The van der Waals surface area contributed by atoms with Crippen LogP contribution < -0.4 is 5.69 Å². The molecule has 0 atom stereocenters. The Morgan fingerprint density at radius 1 is 1.33 bits per heavy atom. The van der Waals surface area contributed by atoms with Crippen LogP contribution in [0.15, 0.2) is 23.0 Å². The standard InChI is InChI=1S/C11H13ClN2O/c1-11(2,3)14-9-5-4-7(12)6-8(9)13-10(14)15/h4-6H,1-3H3,(H,13,15). The molecule has 1 aromatic carbocycles. The quantitative estimate of drug-likeness (QED) is 0.734. The molecule has 0 bridgehead atoms. The van der Waals surface area contributed by atoms with Gasteiger partial charge in [0, 0.05) is 10.6 Å². The molecule has 0 saturated heterocycles. The zero-order valence-electron chi connectivity index (χ0n) is 8.97. The molecule has 0 spiro atoms. The van der Waals surface area contributed by atoms with E-state index in [0.717, 1.165) is 11.0 Å². The van der Waals surface area contributed by atoms with Crippen molar-refractivity contribution in [3.8, 4) is 0 Å². The van der Waals surface area contributed by atoms with Crippen molar-refractivity contribution in [3.05, 3.63) is 33.7 Å². The normalized spacial score (nSPS) is 12.3. The highest BCUT2D eigenvalue weighted by atomic mass is 35.5. The molecule has 80 valence electrons. The Balaban J connectivity index is 2.86. The molecule has 0 saturated carbocycles. The highest BCUT2D eigenvalue weighted by Crippen LogP contribution is 2.21. The van der Waals surface area contributed by atoms with Gasteiger partial charge in [-0.15, -0.1) is 0 Å². The Kier molecular flexibility index (Phi) is 2.15. The first kappa shape index (κ1) is 10.3. The average molecular weight is 225 g/mol. The number of nitrogens with zero attached hydrogens (tertiary/aromatic N) is 1. The van der Waals surface area contributed by atoms with Crippen LogP contribution in [0.25, 0.3) is 11.0 Å². The first-order valence-corrected chi connectivity index (χ1v) is 5.18. The van der Waals surface area contributed by atoms with Gasteiger partial charge < -0.3 is 4.98 Å². The molecule has 0 fully saturated rings. The second-order valence-corrected chi connectivity index (χ2v) is 5.03. The third-order valence-corrected chi connectivity index (χ3v) is 2.55. The first-order chi connectivity index (χ1) is 6.89. The smallest absolute Gasteiger partial charge is 0.305 e. The Morgan fingerprint density at radius 3 is 2.60 bits per heavy atom. The minimum Gasteiger partial charge on any atom is -0.305 e. The van der Waals surface area contributed by atoms with Crippen molar-refractivity contribution >= 4 is 22.6 Å². The van der Waals surface area contributed by atoms with E-state index in [2.05, 4.69) is 4.98 Å².